The van der Waals surface area contributed by atoms with Crippen molar-refractivity contribution in [1.29, 1.82) is 0 Å². The molecule has 0 radical (unpaired) electrons. The number of carbonyl (C=O) groups excluding carboxylic acids is 1. The first-order valence-corrected chi connectivity index (χ1v) is 6.56. The Morgan fingerprint density at radius 1 is 1.37 bits per heavy atom. The lowest BCUT2D eigenvalue weighted by atomic mass is 10.1. The monoisotopic (exact) mass is 256 g/mol. The third-order valence-electron chi connectivity index (χ3n) is 3.55. The number of carbonyl (C=O) groups is 1. The summed E-state index contributed by atoms with van der Waals surface area (Å²) >= 11 is 0. The molecule has 0 atom stereocenters. The smallest absolute Gasteiger partial charge is 0.163 e. The number of aromatic nitrogens is 2. The molecule has 0 unspecified atom stereocenters. The normalized spacial score (nSPS) is 13.6. The third-order valence-corrected chi connectivity index (χ3v) is 3.55. The molecule has 3 rings (SSSR count). The maximum atomic E-state index is 11.7. The van der Waals surface area contributed by atoms with Crippen LogP contribution in [0.15, 0.2) is 30.7 Å². The van der Waals surface area contributed by atoms with Gasteiger partial charge < -0.3 is 9.30 Å². The number of benzene rings is 1. The third kappa shape index (κ3) is 2.14. The Kier molecular flexibility index (Phi) is 3.07. The largest absolute Gasteiger partial charge is 0.487 e. The van der Waals surface area contributed by atoms with Gasteiger partial charge in [0.25, 0.3) is 0 Å². The van der Waals surface area contributed by atoms with Crippen molar-refractivity contribution in [3.8, 4) is 5.75 Å². The fraction of sp³-hybridized carbons (Fsp3) is 0.333. The molecule has 4 nitrogen and oxygen atoms in total. The Bertz CT molecular complexity index is 616. The maximum absolute atomic E-state index is 11.7. The fourth-order valence-electron chi connectivity index (χ4n) is 2.50. The molecule has 1 aromatic carbocycles. The predicted molar refractivity (Wildman–Crippen MR) is 71.3 cm³/mol. The Balaban J connectivity index is 1.80. The van der Waals surface area contributed by atoms with Gasteiger partial charge in [0.1, 0.15) is 12.4 Å². The predicted octanol–water partition coefficient (Wildman–Crippen LogP) is 2.61. The van der Waals surface area contributed by atoms with Crippen LogP contribution in [0, 0.1) is 0 Å². The average Bonchev–Trinajstić information content (AvgIpc) is 3.03. The summed E-state index contributed by atoms with van der Waals surface area (Å²) in [6.07, 6.45) is 5.01. The van der Waals surface area contributed by atoms with Gasteiger partial charge >= 0.3 is 0 Å². The van der Waals surface area contributed by atoms with Crippen LogP contribution in [0.2, 0.25) is 0 Å². The van der Waals surface area contributed by atoms with Crippen LogP contribution >= 0.6 is 0 Å². The molecule has 98 valence electrons. The van der Waals surface area contributed by atoms with Crippen LogP contribution in [0.3, 0.4) is 0 Å². The SMILES string of the molecule is CCn1cncc1COc1cccc2c1CCC2=O. The lowest BCUT2D eigenvalue weighted by Crippen LogP contribution is -2.05. The van der Waals surface area contributed by atoms with E-state index in [4.69, 9.17) is 4.74 Å². The summed E-state index contributed by atoms with van der Waals surface area (Å²) in [6, 6.07) is 5.70. The van der Waals surface area contributed by atoms with E-state index in [2.05, 4.69) is 11.9 Å². The van der Waals surface area contributed by atoms with Crippen molar-refractivity contribution in [3.05, 3.63) is 47.5 Å². The first-order chi connectivity index (χ1) is 9.29. The van der Waals surface area contributed by atoms with Gasteiger partial charge in [0.15, 0.2) is 5.78 Å². The number of fused-ring (bicyclic) bond motifs is 1. The van der Waals surface area contributed by atoms with E-state index in [1.807, 2.05) is 29.0 Å². The number of hydrogen-bond donors (Lipinski definition) is 0. The molecule has 1 aromatic heterocycles. The molecule has 1 heterocycles. The van der Waals surface area contributed by atoms with Crippen LogP contribution < -0.4 is 4.74 Å². The van der Waals surface area contributed by atoms with Gasteiger partial charge in [-0.25, -0.2) is 4.98 Å². The number of Topliss-reactive ketones (excluding diaryl/α,β-unsaturated/α-hetero) is 1. The molecule has 0 amide bonds. The van der Waals surface area contributed by atoms with E-state index in [1.54, 1.807) is 6.33 Å². The number of imidazole rings is 1. The van der Waals surface area contributed by atoms with Crippen molar-refractivity contribution < 1.29 is 9.53 Å². The number of rotatable bonds is 4. The van der Waals surface area contributed by atoms with Gasteiger partial charge in [0.05, 0.1) is 18.2 Å². The van der Waals surface area contributed by atoms with E-state index < -0.39 is 0 Å². The molecule has 0 bridgehead atoms. The summed E-state index contributed by atoms with van der Waals surface area (Å²) in [5.74, 6) is 1.05. The molecule has 19 heavy (non-hydrogen) atoms. The molecule has 0 spiro atoms. The lowest BCUT2D eigenvalue weighted by Gasteiger charge is -2.11. The summed E-state index contributed by atoms with van der Waals surface area (Å²) in [4.78, 5) is 15.8. The molecule has 0 saturated heterocycles. The molecule has 1 aliphatic carbocycles. The van der Waals surface area contributed by atoms with Crippen molar-refractivity contribution in [2.24, 2.45) is 0 Å². The first-order valence-electron chi connectivity index (χ1n) is 6.56. The van der Waals surface area contributed by atoms with Gasteiger partial charge in [-0.15, -0.1) is 0 Å². The highest BCUT2D eigenvalue weighted by Crippen LogP contribution is 2.30. The molecule has 0 aliphatic heterocycles. The van der Waals surface area contributed by atoms with Crippen LogP contribution in [-0.4, -0.2) is 15.3 Å². The quantitative estimate of drug-likeness (QED) is 0.844. The number of ether oxygens (including phenoxy) is 1. The molecule has 2 aromatic rings. The van der Waals surface area contributed by atoms with Gasteiger partial charge in [-0.05, 0) is 19.4 Å². The Hall–Kier alpha value is -2.10. The highest BCUT2D eigenvalue weighted by atomic mass is 16.5. The standard InChI is InChI=1S/C15H16N2O2/c1-2-17-10-16-8-11(17)9-19-15-5-3-4-12-13(15)6-7-14(12)18/h3-5,8,10H,2,6-7,9H2,1H3. The molecule has 0 fully saturated rings. The number of aryl methyl sites for hydroxylation is 1. The number of nitrogens with zero attached hydrogens (tertiary/aromatic N) is 2. The van der Waals surface area contributed by atoms with Crippen LogP contribution in [-0.2, 0) is 19.6 Å². The van der Waals surface area contributed by atoms with Crippen molar-refractivity contribution in [3.63, 3.8) is 0 Å². The van der Waals surface area contributed by atoms with Crippen molar-refractivity contribution >= 4 is 5.78 Å². The van der Waals surface area contributed by atoms with E-state index in [1.165, 1.54) is 0 Å². The molecule has 0 saturated carbocycles. The van der Waals surface area contributed by atoms with E-state index >= 15 is 0 Å². The van der Waals surface area contributed by atoms with Gasteiger partial charge in [-0.3, -0.25) is 4.79 Å². The summed E-state index contributed by atoms with van der Waals surface area (Å²) in [5, 5.41) is 0. The van der Waals surface area contributed by atoms with Crippen molar-refractivity contribution in [2.45, 2.75) is 32.9 Å². The highest BCUT2D eigenvalue weighted by Gasteiger charge is 2.22. The van der Waals surface area contributed by atoms with E-state index in [0.29, 0.717) is 13.0 Å². The number of ketones is 1. The molecule has 1 aliphatic rings. The van der Waals surface area contributed by atoms with Crippen molar-refractivity contribution in [1.82, 2.24) is 9.55 Å². The minimum absolute atomic E-state index is 0.221. The second kappa shape index (κ2) is 4.88. The number of hydrogen-bond acceptors (Lipinski definition) is 3. The summed E-state index contributed by atoms with van der Waals surface area (Å²) in [6.45, 7) is 3.44. The van der Waals surface area contributed by atoms with Gasteiger partial charge in [-0.2, -0.15) is 0 Å². The second-order valence-corrected chi connectivity index (χ2v) is 4.67. The maximum Gasteiger partial charge on any atom is 0.163 e. The minimum Gasteiger partial charge on any atom is -0.487 e. The average molecular weight is 256 g/mol. The van der Waals surface area contributed by atoms with E-state index in [-0.39, 0.29) is 5.78 Å². The van der Waals surface area contributed by atoms with Crippen LogP contribution in [0.1, 0.15) is 35.0 Å². The highest BCUT2D eigenvalue weighted by molar-refractivity contribution is 6.01. The summed E-state index contributed by atoms with van der Waals surface area (Å²) < 4.78 is 7.92. The zero-order chi connectivity index (χ0) is 13.2. The Morgan fingerprint density at radius 2 is 2.26 bits per heavy atom. The summed E-state index contributed by atoms with van der Waals surface area (Å²) in [7, 11) is 0. The topological polar surface area (TPSA) is 44.1 Å². The molecular weight excluding hydrogens is 240 g/mol. The van der Waals surface area contributed by atoms with Crippen LogP contribution in [0.25, 0.3) is 0 Å². The summed E-state index contributed by atoms with van der Waals surface area (Å²) in [5.41, 5.74) is 2.92. The second-order valence-electron chi connectivity index (χ2n) is 4.67. The Morgan fingerprint density at radius 3 is 3.11 bits per heavy atom. The molecular formula is C15H16N2O2. The van der Waals surface area contributed by atoms with Gasteiger partial charge in [-0.1, -0.05) is 12.1 Å². The van der Waals surface area contributed by atoms with Gasteiger partial charge in [0.2, 0.25) is 0 Å². The molecule has 4 heteroatoms. The Labute approximate surface area is 112 Å². The lowest BCUT2D eigenvalue weighted by molar-refractivity contribution is 0.0994. The first kappa shape index (κ1) is 12.0. The van der Waals surface area contributed by atoms with Crippen LogP contribution in [0.5, 0.6) is 5.75 Å². The van der Waals surface area contributed by atoms with E-state index in [9.17, 15) is 4.79 Å². The van der Waals surface area contributed by atoms with E-state index in [0.717, 1.165) is 35.5 Å². The minimum atomic E-state index is 0.221. The van der Waals surface area contributed by atoms with Gasteiger partial charge in [0, 0.05) is 24.1 Å². The van der Waals surface area contributed by atoms with Crippen LogP contribution in [0.4, 0.5) is 0 Å². The fourth-order valence-corrected chi connectivity index (χ4v) is 2.50. The van der Waals surface area contributed by atoms with Crippen molar-refractivity contribution in [2.75, 3.05) is 0 Å². The zero-order valence-electron chi connectivity index (χ0n) is 10.9. The molecule has 0 N–H and O–H groups in total. The zero-order valence-corrected chi connectivity index (χ0v) is 10.9.